The summed E-state index contributed by atoms with van der Waals surface area (Å²) < 4.78 is 0. The van der Waals surface area contributed by atoms with Gasteiger partial charge in [0.05, 0.1) is 11.8 Å². The first-order valence-electron chi connectivity index (χ1n) is 5.99. The number of hydrogen-bond donors (Lipinski definition) is 3. The number of hydrogen-bond acceptors (Lipinski definition) is 5. The van der Waals surface area contributed by atoms with Crippen molar-refractivity contribution in [2.24, 2.45) is 16.8 Å². The normalized spacial score (nSPS) is 22.2. The highest BCUT2D eigenvalue weighted by molar-refractivity contribution is 6.00. The third kappa shape index (κ3) is 2.38. The van der Waals surface area contributed by atoms with E-state index in [1.807, 2.05) is 19.1 Å². The van der Waals surface area contributed by atoms with E-state index in [9.17, 15) is 5.11 Å². The fourth-order valence-corrected chi connectivity index (χ4v) is 2.30. The Morgan fingerprint density at radius 2 is 2.44 bits per heavy atom. The van der Waals surface area contributed by atoms with Crippen LogP contribution in [0.1, 0.15) is 19.0 Å². The van der Waals surface area contributed by atoms with Gasteiger partial charge in [-0.3, -0.25) is 4.98 Å². The molecule has 0 saturated carbocycles. The number of anilines is 1. The Bertz CT molecular complexity index is 447. The van der Waals surface area contributed by atoms with E-state index in [1.165, 1.54) is 0 Å². The first kappa shape index (κ1) is 12.6. The molecule has 1 aliphatic rings. The van der Waals surface area contributed by atoms with Crippen LogP contribution in [0.3, 0.4) is 0 Å². The van der Waals surface area contributed by atoms with Crippen LogP contribution in [0.25, 0.3) is 0 Å². The molecule has 0 bridgehead atoms. The number of oxime groups is 1. The maximum atomic E-state index is 9.61. The van der Waals surface area contributed by atoms with Gasteiger partial charge in [0, 0.05) is 25.2 Å². The summed E-state index contributed by atoms with van der Waals surface area (Å²) in [5.74, 6) is 0.261. The third-order valence-corrected chi connectivity index (χ3v) is 3.38. The van der Waals surface area contributed by atoms with E-state index in [0.29, 0.717) is 5.69 Å². The molecular formula is C12H18N4O2. The molecule has 4 N–H and O–H groups in total. The lowest BCUT2D eigenvalue weighted by atomic mass is 10.0. The minimum absolute atomic E-state index is 0.00565. The predicted octanol–water partition coefficient (Wildman–Crippen LogP) is 0.383. The molecule has 1 aliphatic heterocycles. The van der Waals surface area contributed by atoms with Gasteiger partial charge >= 0.3 is 0 Å². The van der Waals surface area contributed by atoms with E-state index in [1.54, 1.807) is 6.20 Å². The first-order valence-corrected chi connectivity index (χ1v) is 5.99. The van der Waals surface area contributed by atoms with Crippen LogP contribution >= 0.6 is 0 Å². The van der Waals surface area contributed by atoms with Gasteiger partial charge in [0.2, 0.25) is 0 Å². The number of aliphatic hydroxyl groups is 1. The molecule has 0 radical (unpaired) electrons. The predicted molar refractivity (Wildman–Crippen MR) is 68.7 cm³/mol. The Morgan fingerprint density at radius 3 is 3.06 bits per heavy atom. The van der Waals surface area contributed by atoms with Crippen molar-refractivity contribution in [1.82, 2.24) is 4.98 Å². The fraction of sp³-hybridized carbons (Fsp3) is 0.500. The molecule has 1 aromatic heterocycles. The van der Waals surface area contributed by atoms with Crippen LogP contribution in [0.15, 0.2) is 23.5 Å². The van der Waals surface area contributed by atoms with Crippen molar-refractivity contribution < 1.29 is 10.3 Å². The van der Waals surface area contributed by atoms with Gasteiger partial charge in [-0.15, -0.1) is 0 Å². The molecular weight excluding hydrogens is 232 g/mol. The monoisotopic (exact) mass is 250 g/mol. The van der Waals surface area contributed by atoms with E-state index >= 15 is 0 Å². The molecule has 2 rings (SSSR count). The van der Waals surface area contributed by atoms with Gasteiger partial charge in [0.25, 0.3) is 0 Å². The van der Waals surface area contributed by atoms with Crippen molar-refractivity contribution in [3.8, 4) is 0 Å². The molecule has 18 heavy (non-hydrogen) atoms. The summed E-state index contributed by atoms with van der Waals surface area (Å²) in [4.78, 5) is 6.25. The highest BCUT2D eigenvalue weighted by Gasteiger charge is 2.28. The van der Waals surface area contributed by atoms with Crippen LogP contribution in [-0.4, -0.2) is 40.3 Å². The molecule has 1 saturated heterocycles. The molecule has 6 nitrogen and oxygen atoms in total. The minimum Gasteiger partial charge on any atom is -0.409 e. The van der Waals surface area contributed by atoms with Gasteiger partial charge < -0.3 is 20.9 Å². The van der Waals surface area contributed by atoms with Crippen LogP contribution < -0.4 is 10.6 Å². The Morgan fingerprint density at radius 1 is 1.67 bits per heavy atom. The summed E-state index contributed by atoms with van der Waals surface area (Å²) in [5.41, 5.74) is 6.94. The van der Waals surface area contributed by atoms with Gasteiger partial charge in [0.15, 0.2) is 5.84 Å². The maximum Gasteiger partial charge on any atom is 0.190 e. The van der Waals surface area contributed by atoms with E-state index in [-0.39, 0.29) is 17.9 Å². The van der Waals surface area contributed by atoms with Crippen LogP contribution in [0, 0.1) is 5.92 Å². The molecule has 2 heterocycles. The molecule has 0 aromatic carbocycles. The highest BCUT2D eigenvalue weighted by atomic mass is 16.4. The number of nitrogens with two attached hydrogens (primary N) is 1. The molecule has 2 unspecified atom stereocenters. The van der Waals surface area contributed by atoms with Crippen molar-refractivity contribution in [2.75, 3.05) is 18.0 Å². The molecule has 6 heteroatoms. The smallest absolute Gasteiger partial charge is 0.190 e. The third-order valence-electron chi connectivity index (χ3n) is 3.38. The highest BCUT2D eigenvalue weighted by Crippen LogP contribution is 2.27. The zero-order chi connectivity index (χ0) is 13.1. The van der Waals surface area contributed by atoms with Crippen LogP contribution in [-0.2, 0) is 0 Å². The summed E-state index contributed by atoms with van der Waals surface area (Å²) in [6.45, 7) is 3.41. The maximum absolute atomic E-state index is 9.61. The molecule has 98 valence electrons. The molecule has 0 spiro atoms. The number of aliphatic hydroxyl groups excluding tert-OH is 1. The lowest BCUT2D eigenvalue weighted by Gasteiger charge is -2.21. The fourth-order valence-electron chi connectivity index (χ4n) is 2.30. The first-order chi connectivity index (χ1) is 8.63. The van der Waals surface area contributed by atoms with Crippen LogP contribution in [0.4, 0.5) is 5.69 Å². The van der Waals surface area contributed by atoms with E-state index in [0.717, 1.165) is 25.2 Å². The zero-order valence-electron chi connectivity index (χ0n) is 10.3. The van der Waals surface area contributed by atoms with E-state index in [2.05, 4.69) is 15.0 Å². The number of pyridine rings is 1. The number of rotatable bonds is 3. The SMILES string of the molecule is CC(O)C1CCN(c2cccnc2/C(N)=N/O)C1. The molecule has 0 amide bonds. The van der Waals surface area contributed by atoms with Gasteiger partial charge in [-0.05, 0) is 25.5 Å². The van der Waals surface area contributed by atoms with Crippen molar-refractivity contribution >= 4 is 11.5 Å². The van der Waals surface area contributed by atoms with Gasteiger partial charge in [0.1, 0.15) is 5.69 Å². The lowest BCUT2D eigenvalue weighted by Crippen LogP contribution is -2.27. The summed E-state index contributed by atoms with van der Waals surface area (Å²) in [6.07, 6.45) is 2.22. The largest absolute Gasteiger partial charge is 0.409 e. The second-order valence-electron chi connectivity index (χ2n) is 4.59. The molecule has 1 fully saturated rings. The van der Waals surface area contributed by atoms with Crippen LogP contribution in [0.2, 0.25) is 0 Å². The lowest BCUT2D eigenvalue weighted by molar-refractivity contribution is 0.136. The standard InChI is InChI=1S/C12H18N4O2/c1-8(17)9-4-6-16(7-9)10-3-2-5-14-11(10)12(13)15-18/h2-3,5,8-9,17-18H,4,6-7H2,1H3,(H2,13,15). The second-order valence-corrected chi connectivity index (χ2v) is 4.59. The Balaban J connectivity index is 2.25. The van der Waals surface area contributed by atoms with Gasteiger partial charge in [-0.1, -0.05) is 5.16 Å². The summed E-state index contributed by atoms with van der Waals surface area (Å²) in [7, 11) is 0. The van der Waals surface area contributed by atoms with Gasteiger partial charge in [-0.2, -0.15) is 0 Å². The van der Waals surface area contributed by atoms with E-state index in [4.69, 9.17) is 10.9 Å². The summed E-state index contributed by atoms with van der Waals surface area (Å²) >= 11 is 0. The summed E-state index contributed by atoms with van der Waals surface area (Å²) in [6, 6.07) is 3.71. The number of amidine groups is 1. The van der Waals surface area contributed by atoms with Crippen LogP contribution in [0.5, 0.6) is 0 Å². The molecule has 2 atom stereocenters. The van der Waals surface area contributed by atoms with E-state index < -0.39 is 0 Å². The zero-order valence-corrected chi connectivity index (χ0v) is 10.3. The van der Waals surface area contributed by atoms with Crippen molar-refractivity contribution in [1.29, 1.82) is 0 Å². The number of aromatic nitrogens is 1. The topological polar surface area (TPSA) is 95.0 Å². The quantitative estimate of drug-likeness (QED) is 0.312. The number of nitrogens with zero attached hydrogens (tertiary/aromatic N) is 3. The average molecular weight is 250 g/mol. The van der Waals surface area contributed by atoms with Crippen molar-refractivity contribution in [3.63, 3.8) is 0 Å². The Labute approximate surface area is 106 Å². The van der Waals surface area contributed by atoms with Crippen molar-refractivity contribution in [3.05, 3.63) is 24.0 Å². The minimum atomic E-state index is -0.320. The van der Waals surface area contributed by atoms with Gasteiger partial charge in [-0.25, -0.2) is 0 Å². The molecule has 0 aliphatic carbocycles. The average Bonchev–Trinajstić information content (AvgIpc) is 2.87. The van der Waals surface area contributed by atoms with Crippen molar-refractivity contribution in [2.45, 2.75) is 19.4 Å². The Hall–Kier alpha value is -1.82. The summed E-state index contributed by atoms with van der Waals surface area (Å²) in [5, 5.41) is 21.4. The second kappa shape index (κ2) is 5.22. The molecule has 1 aromatic rings. The Kier molecular flexibility index (Phi) is 3.66.